The van der Waals surface area contributed by atoms with Crippen LogP contribution in [0.2, 0.25) is 0 Å². The van der Waals surface area contributed by atoms with Gasteiger partial charge in [0.05, 0.1) is 18.3 Å². The molecule has 146 valence electrons. The lowest BCUT2D eigenvalue weighted by Gasteiger charge is -2.37. The number of aromatic amines is 1. The average Bonchev–Trinajstić information content (AvgIpc) is 3.35. The maximum atomic E-state index is 12.3. The summed E-state index contributed by atoms with van der Waals surface area (Å²) in [4.78, 5) is 14.6. The molecule has 2 aliphatic rings. The minimum atomic E-state index is -0.473. The number of nitrogens with zero attached hydrogens (tertiary/aromatic N) is 4. The molecular weight excluding hydrogens is 344 g/mol. The monoisotopic (exact) mass is 372 g/mol. The Kier molecular flexibility index (Phi) is 5.54. The first kappa shape index (κ1) is 18.2. The summed E-state index contributed by atoms with van der Waals surface area (Å²) in [6.45, 7) is 2.58. The Morgan fingerprint density at radius 1 is 1.22 bits per heavy atom. The van der Waals surface area contributed by atoms with E-state index in [9.17, 15) is 9.90 Å². The van der Waals surface area contributed by atoms with Gasteiger partial charge < -0.3 is 15.3 Å². The number of hydrogen-bond acceptors (Lipinski definition) is 6. The first-order chi connectivity index (χ1) is 13.2. The minimum absolute atomic E-state index is 0.128. The Labute approximate surface area is 158 Å². The van der Waals surface area contributed by atoms with E-state index in [1.165, 1.54) is 11.1 Å². The molecule has 8 heteroatoms. The van der Waals surface area contributed by atoms with Crippen LogP contribution in [0.25, 0.3) is 0 Å². The number of piperidine rings is 1. The summed E-state index contributed by atoms with van der Waals surface area (Å²) in [5.41, 5.74) is 1.01. The van der Waals surface area contributed by atoms with Gasteiger partial charge in [0.25, 0.3) is 5.56 Å². The van der Waals surface area contributed by atoms with Crippen molar-refractivity contribution in [3.8, 4) is 0 Å². The van der Waals surface area contributed by atoms with Crippen molar-refractivity contribution in [3.05, 3.63) is 40.4 Å². The normalized spacial score (nSPS) is 25.8. The van der Waals surface area contributed by atoms with Gasteiger partial charge in [0.2, 0.25) is 0 Å². The van der Waals surface area contributed by atoms with Crippen LogP contribution >= 0.6 is 0 Å². The van der Waals surface area contributed by atoms with Crippen molar-refractivity contribution < 1.29 is 5.11 Å². The molecule has 8 nitrogen and oxygen atoms in total. The van der Waals surface area contributed by atoms with Gasteiger partial charge in [-0.2, -0.15) is 10.2 Å². The first-order valence-corrected chi connectivity index (χ1v) is 9.95. The van der Waals surface area contributed by atoms with Crippen LogP contribution in [0.3, 0.4) is 0 Å². The van der Waals surface area contributed by atoms with Gasteiger partial charge in [-0.05, 0) is 44.6 Å². The lowest BCUT2D eigenvalue weighted by molar-refractivity contribution is 0.127. The molecule has 27 heavy (non-hydrogen) atoms. The van der Waals surface area contributed by atoms with Crippen LogP contribution < -0.4 is 15.8 Å². The van der Waals surface area contributed by atoms with E-state index in [1.807, 2.05) is 18.5 Å². The summed E-state index contributed by atoms with van der Waals surface area (Å²) in [7, 11) is 0. The fourth-order valence-corrected chi connectivity index (χ4v) is 4.28. The molecule has 0 aromatic carbocycles. The molecule has 3 N–H and O–H groups in total. The Morgan fingerprint density at radius 3 is 2.93 bits per heavy atom. The second-order valence-corrected chi connectivity index (χ2v) is 7.62. The highest BCUT2D eigenvalue weighted by Crippen LogP contribution is 2.29. The van der Waals surface area contributed by atoms with Crippen molar-refractivity contribution in [1.82, 2.24) is 25.3 Å². The van der Waals surface area contributed by atoms with Crippen LogP contribution in [0, 0.1) is 0 Å². The predicted molar refractivity (Wildman–Crippen MR) is 103 cm³/mol. The van der Waals surface area contributed by atoms with Crippen LogP contribution in [0.5, 0.6) is 0 Å². The number of aliphatic hydroxyl groups is 1. The highest BCUT2D eigenvalue weighted by molar-refractivity contribution is 5.39. The van der Waals surface area contributed by atoms with E-state index in [4.69, 9.17) is 0 Å². The highest BCUT2D eigenvalue weighted by Gasteiger charge is 2.30. The number of H-pyrrole nitrogens is 1. The molecule has 2 fully saturated rings. The van der Waals surface area contributed by atoms with Gasteiger partial charge in [0.1, 0.15) is 5.82 Å². The Morgan fingerprint density at radius 2 is 2.15 bits per heavy atom. The fraction of sp³-hybridized carbons (Fsp3) is 0.632. The van der Waals surface area contributed by atoms with Crippen molar-refractivity contribution in [3.63, 3.8) is 0 Å². The Hall–Kier alpha value is -2.19. The number of anilines is 1. The number of nitrogens with one attached hydrogen (secondary N) is 2. The third-order valence-electron chi connectivity index (χ3n) is 5.75. The summed E-state index contributed by atoms with van der Waals surface area (Å²) >= 11 is 0. The molecule has 4 rings (SSSR count). The standard InChI is InChI=1S/C19H28N6O2/c26-17-6-3-5-16(17)25-19(27)8-7-18(23-25)24-9-2-1-4-15(24)13-20-10-14-11-21-22-12-14/h7-8,11-12,15-17,20,26H,1-6,9-10,13H2,(H,21,22). The average molecular weight is 372 g/mol. The summed E-state index contributed by atoms with van der Waals surface area (Å²) in [6.07, 6.45) is 9.19. The van der Waals surface area contributed by atoms with Crippen molar-refractivity contribution >= 4 is 5.82 Å². The van der Waals surface area contributed by atoms with E-state index in [2.05, 4.69) is 25.5 Å². The second kappa shape index (κ2) is 8.22. The van der Waals surface area contributed by atoms with Crippen LogP contribution in [-0.2, 0) is 6.54 Å². The molecule has 2 aromatic rings. The summed E-state index contributed by atoms with van der Waals surface area (Å²) in [6, 6.07) is 3.57. The third kappa shape index (κ3) is 4.06. The fourth-order valence-electron chi connectivity index (χ4n) is 4.28. The van der Waals surface area contributed by atoms with Crippen molar-refractivity contribution in [2.24, 2.45) is 0 Å². The second-order valence-electron chi connectivity index (χ2n) is 7.62. The molecule has 1 aliphatic heterocycles. The molecule has 2 aromatic heterocycles. The van der Waals surface area contributed by atoms with Crippen molar-refractivity contribution in [2.75, 3.05) is 18.0 Å². The van der Waals surface area contributed by atoms with E-state index in [-0.39, 0.29) is 11.6 Å². The van der Waals surface area contributed by atoms with E-state index in [0.717, 1.165) is 63.1 Å². The van der Waals surface area contributed by atoms with Crippen LogP contribution in [-0.4, -0.2) is 50.3 Å². The zero-order valence-electron chi connectivity index (χ0n) is 15.5. The summed E-state index contributed by atoms with van der Waals surface area (Å²) in [5, 5.41) is 25.2. The van der Waals surface area contributed by atoms with Gasteiger partial charge in [0, 0.05) is 43.5 Å². The minimum Gasteiger partial charge on any atom is -0.391 e. The first-order valence-electron chi connectivity index (χ1n) is 9.95. The molecule has 1 saturated carbocycles. The Bertz CT molecular complexity index is 790. The molecule has 0 bridgehead atoms. The van der Waals surface area contributed by atoms with E-state index >= 15 is 0 Å². The smallest absolute Gasteiger partial charge is 0.267 e. The maximum Gasteiger partial charge on any atom is 0.267 e. The zero-order chi connectivity index (χ0) is 18.6. The molecule has 0 radical (unpaired) electrons. The number of rotatable bonds is 6. The number of aromatic nitrogens is 4. The van der Waals surface area contributed by atoms with Crippen molar-refractivity contribution in [1.29, 1.82) is 0 Å². The summed E-state index contributed by atoms with van der Waals surface area (Å²) < 4.78 is 1.51. The van der Waals surface area contributed by atoms with Crippen LogP contribution in [0.15, 0.2) is 29.3 Å². The largest absolute Gasteiger partial charge is 0.391 e. The van der Waals surface area contributed by atoms with E-state index in [0.29, 0.717) is 6.04 Å². The van der Waals surface area contributed by atoms with Gasteiger partial charge >= 0.3 is 0 Å². The lowest BCUT2D eigenvalue weighted by Crippen LogP contribution is -2.46. The highest BCUT2D eigenvalue weighted by atomic mass is 16.3. The van der Waals surface area contributed by atoms with Crippen molar-refractivity contribution in [2.45, 2.75) is 63.3 Å². The molecule has 0 amide bonds. The van der Waals surface area contributed by atoms with Gasteiger partial charge in [-0.15, -0.1) is 0 Å². The Balaban J connectivity index is 1.48. The maximum absolute atomic E-state index is 12.3. The molecule has 0 spiro atoms. The number of hydrogen-bond donors (Lipinski definition) is 3. The molecule has 3 heterocycles. The van der Waals surface area contributed by atoms with Gasteiger partial charge in [-0.1, -0.05) is 0 Å². The quantitative estimate of drug-likeness (QED) is 0.705. The summed E-state index contributed by atoms with van der Waals surface area (Å²) in [5.74, 6) is 0.837. The van der Waals surface area contributed by atoms with Gasteiger partial charge in [-0.3, -0.25) is 9.89 Å². The molecule has 3 unspecified atom stereocenters. The molecule has 1 aliphatic carbocycles. The van der Waals surface area contributed by atoms with Gasteiger partial charge in [-0.25, -0.2) is 4.68 Å². The molecule has 3 atom stereocenters. The molecular formula is C19H28N6O2. The predicted octanol–water partition coefficient (Wildman–Crippen LogP) is 1.20. The zero-order valence-corrected chi connectivity index (χ0v) is 15.5. The third-order valence-corrected chi connectivity index (χ3v) is 5.75. The SMILES string of the molecule is O=c1ccc(N2CCCCC2CNCc2cn[nH]c2)nn1C1CCCC1O. The lowest BCUT2D eigenvalue weighted by atomic mass is 10.0. The van der Waals surface area contributed by atoms with Gasteiger partial charge in [0.15, 0.2) is 0 Å². The van der Waals surface area contributed by atoms with E-state index in [1.54, 1.807) is 6.07 Å². The number of aliphatic hydroxyl groups excluding tert-OH is 1. The molecule has 1 saturated heterocycles. The topological polar surface area (TPSA) is 99.1 Å². The van der Waals surface area contributed by atoms with Crippen LogP contribution in [0.4, 0.5) is 5.82 Å². The van der Waals surface area contributed by atoms with Crippen LogP contribution in [0.1, 0.15) is 50.1 Å². The van der Waals surface area contributed by atoms with E-state index < -0.39 is 6.10 Å².